The van der Waals surface area contributed by atoms with Crippen LogP contribution in [-0.4, -0.2) is 13.1 Å². The summed E-state index contributed by atoms with van der Waals surface area (Å²) in [6, 6.07) is 0. The Hall–Kier alpha value is 0.123. The summed E-state index contributed by atoms with van der Waals surface area (Å²) in [6.07, 6.45) is 5.93. The van der Waals surface area contributed by atoms with Gasteiger partial charge in [0.15, 0.2) is 0 Å². The van der Waals surface area contributed by atoms with Gasteiger partial charge in [0.25, 0.3) is 0 Å². The molecule has 0 bridgehead atoms. The van der Waals surface area contributed by atoms with E-state index in [1.165, 1.54) is 13.2 Å². The van der Waals surface area contributed by atoms with Crippen LogP contribution in [0.2, 0.25) is 0 Å². The van der Waals surface area contributed by atoms with Gasteiger partial charge in [-0.1, -0.05) is 13.3 Å². The summed E-state index contributed by atoms with van der Waals surface area (Å²) in [5, 5.41) is 0. The van der Waals surface area contributed by atoms with Crippen LogP contribution in [-0.2, 0) is 29.0 Å². The molecule has 0 aliphatic heterocycles. The zero-order valence-electron chi connectivity index (χ0n) is 6.89. The molecule has 0 heterocycles. The van der Waals surface area contributed by atoms with E-state index in [4.69, 9.17) is 0 Å². The van der Waals surface area contributed by atoms with Crippen molar-refractivity contribution in [2.45, 2.75) is 19.8 Å². The quantitative estimate of drug-likeness (QED) is 0.327. The van der Waals surface area contributed by atoms with Crippen molar-refractivity contribution in [1.82, 2.24) is 0 Å². The molecule has 0 saturated heterocycles. The summed E-state index contributed by atoms with van der Waals surface area (Å²) in [7, 11) is 1.35. The fourth-order valence-electron chi connectivity index (χ4n) is 0.359. The van der Waals surface area contributed by atoms with Gasteiger partial charge in [0.05, 0.1) is 7.11 Å². The fourth-order valence-corrected chi connectivity index (χ4v) is 0.359. The van der Waals surface area contributed by atoms with Crippen LogP contribution in [0.5, 0.6) is 0 Å². The third-order valence-corrected chi connectivity index (χ3v) is 0.815. The zero-order chi connectivity index (χ0) is 7.11. The molecule has 1 radical (unpaired) electrons. The number of rotatable bonds is 3. The third kappa shape index (κ3) is 13.2. The molecular formula is C7H11ClO2Zn-. The van der Waals surface area contributed by atoms with Crippen LogP contribution < -0.4 is 12.4 Å². The van der Waals surface area contributed by atoms with E-state index in [1.54, 1.807) is 0 Å². The molecule has 0 aromatic heterocycles. The molecule has 0 atom stereocenters. The normalized spacial score (nSPS) is 8.18. The van der Waals surface area contributed by atoms with Crippen molar-refractivity contribution >= 4 is 5.97 Å². The molecule has 0 rings (SSSR count). The van der Waals surface area contributed by atoms with Crippen LogP contribution in [0, 0.1) is 6.08 Å². The van der Waals surface area contributed by atoms with Crippen LogP contribution in [0.3, 0.4) is 0 Å². The molecule has 0 aliphatic rings. The standard InChI is InChI=1S/C7H11O2.ClH.Zn/c1-3-4-5-6-7(8)9-2;;/h6H,3-4H2,1-2H3;1H;/p-1. The summed E-state index contributed by atoms with van der Waals surface area (Å²) in [5.74, 6) is -0.330. The van der Waals surface area contributed by atoms with Gasteiger partial charge in [-0.15, -0.1) is 0 Å². The molecule has 0 spiro atoms. The van der Waals surface area contributed by atoms with Gasteiger partial charge >= 0.3 is 5.97 Å². The Labute approximate surface area is 86.6 Å². The molecule has 0 unspecified atom stereocenters. The monoisotopic (exact) mass is 226 g/mol. The molecule has 0 aliphatic carbocycles. The van der Waals surface area contributed by atoms with Crippen LogP contribution in [0.1, 0.15) is 19.8 Å². The summed E-state index contributed by atoms with van der Waals surface area (Å²) < 4.78 is 4.34. The Morgan fingerprint density at radius 3 is 2.55 bits per heavy atom. The minimum absolute atomic E-state index is 0. The van der Waals surface area contributed by atoms with Crippen LogP contribution >= 0.6 is 0 Å². The minimum Gasteiger partial charge on any atom is -1.00 e. The fraction of sp³-hybridized carbons (Fsp3) is 0.571. The van der Waals surface area contributed by atoms with Gasteiger partial charge in [-0.3, -0.25) is 0 Å². The number of carbonyl (C=O) groups is 1. The van der Waals surface area contributed by atoms with E-state index in [9.17, 15) is 4.79 Å². The first-order valence-corrected chi connectivity index (χ1v) is 2.95. The molecule has 61 valence electrons. The van der Waals surface area contributed by atoms with Crippen molar-refractivity contribution in [3.05, 3.63) is 12.2 Å². The summed E-state index contributed by atoms with van der Waals surface area (Å²) in [4.78, 5) is 10.3. The maximum atomic E-state index is 10.3. The van der Waals surface area contributed by atoms with Gasteiger partial charge in [-0.2, -0.15) is 0 Å². The van der Waals surface area contributed by atoms with Gasteiger partial charge in [0, 0.05) is 25.6 Å². The Bertz CT molecular complexity index is 115. The largest absolute Gasteiger partial charge is 1.00 e. The maximum absolute atomic E-state index is 10.3. The van der Waals surface area contributed by atoms with Crippen molar-refractivity contribution in [3.63, 3.8) is 0 Å². The number of esters is 1. The zero-order valence-corrected chi connectivity index (χ0v) is 10.6. The smallest absolute Gasteiger partial charge is 0.330 e. The number of hydrogen-bond acceptors (Lipinski definition) is 2. The number of allylic oxidation sites excluding steroid dienone is 1. The van der Waals surface area contributed by atoms with Crippen molar-refractivity contribution in [1.29, 1.82) is 0 Å². The molecule has 11 heavy (non-hydrogen) atoms. The number of halogens is 1. The Morgan fingerprint density at radius 2 is 2.18 bits per heavy atom. The first-order valence-electron chi connectivity index (χ1n) is 2.95. The number of unbranched alkanes of at least 4 members (excludes halogenated alkanes) is 1. The van der Waals surface area contributed by atoms with Crippen molar-refractivity contribution < 1.29 is 41.4 Å². The average molecular weight is 228 g/mol. The molecule has 4 heteroatoms. The van der Waals surface area contributed by atoms with E-state index in [-0.39, 0.29) is 37.9 Å². The molecule has 0 saturated carbocycles. The van der Waals surface area contributed by atoms with E-state index < -0.39 is 0 Å². The average Bonchev–Trinajstić information content (AvgIpc) is 1.89. The van der Waals surface area contributed by atoms with E-state index in [0.29, 0.717) is 0 Å². The van der Waals surface area contributed by atoms with E-state index >= 15 is 0 Å². The Kier molecular flexibility index (Phi) is 20.1. The van der Waals surface area contributed by atoms with Crippen molar-refractivity contribution in [2.75, 3.05) is 7.11 Å². The molecule has 2 nitrogen and oxygen atoms in total. The van der Waals surface area contributed by atoms with E-state index in [1.807, 2.05) is 6.92 Å². The molecule has 0 N–H and O–H groups in total. The maximum Gasteiger partial charge on any atom is 0.330 e. The molecule has 0 fully saturated rings. The number of hydrogen-bond donors (Lipinski definition) is 0. The summed E-state index contributed by atoms with van der Waals surface area (Å²) >= 11 is 0. The minimum atomic E-state index is -0.330. The first kappa shape index (κ1) is 17.3. The van der Waals surface area contributed by atoms with Crippen molar-refractivity contribution in [3.8, 4) is 0 Å². The molecule has 0 amide bonds. The summed E-state index contributed by atoms with van der Waals surface area (Å²) in [6.45, 7) is 2.03. The van der Waals surface area contributed by atoms with Gasteiger partial charge in [-0.25, -0.2) is 4.79 Å². The van der Waals surface area contributed by atoms with Crippen LogP contribution in [0.15, 0.2) is 6.08 Å². The molecule has 0 aromatic rings. The predicted octanol–water partition coefficient (Wildman–Crippen LogP) is -1.68. The van der Waals surface area contributed by atoms with E-state index in [2.05, 4.69) is 10.8 Å². The van der Waals surface area contributed by atoms with Gasteiger partial charge in [0.2, 0.25) is 0 Å². The van der Waals surface area contributed by atoms with Gasteiger partial charge < -0.3 is 17.1 Å². The second kappa shape index (κ2) is 12.8. The van der Waals surface area contributed by atoms with Gasteiger partial charge in [-0.05, 0) is 12.5 Å². The number of ether oxygens (including phenoxy) is 1. The predicted molar refractivity (Wildman–Crippen MR) is 34.7 cm³/mol. The Balaban J connectivity index is -0.000000320. The van der Waals surface area contributed by atoms with Crippen LogP contribution in [0.4, 0.5) is 0 Å². The van der Waals surface area contributed by atoms with Crippen molar-refractivity contribution in [2.24, 2.45) is 0 Å². The number of methoxy groups -OCH3 is 1. The Morgan fingerprint density at radius 1 is 1.64 bits per heavy atom. The third-order valence-electron chi connectivity index (χ3n) is 0.815. The topological polar surface area (TPSA) is 26.3 Å². The number of carbonyl (C=O) groups excluding carboxylic acids is 1. The molecular weight excluding hydrogens is 217 g/mol. The van der Waals surface area contributed by atoms with Gasteiger partial charge in [0.1, 0.15) is 0 Å². The second-order valence-corrected chi connectivity index (χ2v) is 1.62. The molecule has 0 aromatic carbocycles. The second-order valence-electron chi connectivity index (χ2n) is 1.62. The SMILES string of the molecule is CCC[C]=CC(=O)OC.[Cl-].[Zn]. The van der Waals surface area contributed by atoms with Crippen LogP contribution in [0.25, 0.3) is 0 Å². The first-order chi connectivity index (χ1) is 4.31. The summed E-state index contributed by atoms with van der Waals surface area (Å²) in [5.41, 5.74) is 0. The van der Waals surface area contributed by atoms with E-state index in [0.717, 1.165) is 12.8 Å².